The summed E-state index contributed by atoms with van der Waals surface area (Å²) in [5.74, 6) is 0.620. The van der Waals surface area contributed by atoms with Crippen LogP contribution in [0.3, 0.4) is 0 Å². The number of para-hydroxylation sites is 1. The molecule has 6 heteroatoms. The Kier molecular flexibility index (Phi) is 7.71. The van der Waals surface area contributed by atoms with Crippen molar-refractivity contribution in [2.24, 2.45) is 0 Å². The van der Waals surface area contributed by atoms with E-state index in [0.29, 0.717) is 11.3 Å². The lowest BCUT2D eigenvalue weighted by atomic mass is 9.77. The van der Waals surface area contributed by atoms with Crippen LogP contribution in [0.4, 0.5) is 11.4 Å². The van der Waals surface area contributed by atoms with Crippen molar-refractivity contribution in [3.63, 3.8) is 0 Å². The molecule has 2 atom stereocenters. The van der Waals surface area contributed by atoms with E-state index in [1.807, 2.05) is 84.9 Å². The fourth-order valence-electron chi connectivity index (χ4n) is 5.87. The summed E-state index contributed by atoms with van der Waals surface area (Å²) in [5.41, 5.74) is 3.74. The van der Waals surface area contributed by atoms with Crippen LogP contribution in [-0.4, -0.2) is 11.2 Å². The highest BCUT2D eigenvalue weighted by molar-refractivity contribution is 5.67. The van der Waals surface area contributed by atoms with Gasteiger partial charge in [0.1, 0.15) is 11.4 Å². The van der Waals surface area contributed by atoms with Gasteiger partial charge in [0.05, 0.1) is 10.5 Å². The highest BCUT2D eigenvalue weighted by Gasteiger charge is 2.51. The number of hydrogen-bond acceptors (Lipinski definition) is 5. The van der Waals surface area contributed by atoms with Gasteiger partial charge in [-0.2, -0.15) is 0 Å². The van der Waals surface area contributed by atoms with Crippen molar-refractivity contribution in [3.8, 4) is 5.75 Å². The Hall–Kier alpha value is -4.94. The van der Waals surface area contributed by atoms with Crippen LogP contribution < -0.4 is 9.64 Å². The van der Waals surface area contributed by atoms with Gasteiger partial charge in [-0.1, -0.05) is 129 Å². The number of rotatable bonds is 5. The predicted molar refractivity (Wildman–Crippen MR) is 164 cm³/mol. The smallest absolute Gasteiger partial charge is 0.270 e. The Balaban J connectivity index is 0.000000470. The number of nitro benzene ring substituents is 1. The first-order valence-electron chi connectivity index (χ1n) is 14.2. The summed E-state index contributed by atoms with van der Waals surface area (Å²) < 4.78 is 13.7. The summed E-state index contributed by atoms with van der Waals surface area (Å²) in [6.07, 6.45) is 0.856. The summed E-state index contributed by atoms with van der Waals surface area (Å²) in [6.45, 7) is 2.12. The van der Waals surface area contributed by atoms with Gasteiger partial charge >= 0.3 is 0 Å². The fraction of sp³-hybridized carbons (Fsp3) is 0.167. The molecule has 0 fully saturated rings. The maximum absolute atomic E-state index is 11.7. The number of fused-ring (bicyclic) bond motifs is 5. The number of nitrogens with zero attached hydrogens (tertiary/aromatic N) is 2. The van der Waals surface area contributed by atoms with Gasteiger partial charge < -0.3 is 14.4 Å². The molecule has 5 aromatic carbocycles. The molecule has 2 aliphatic rings. The first-order chi connectivity index (χ1) is 20.6. The zero-order valence-corrected chi connectivity index (χ0v) is 23.4. The lowest BCUT2D eigenvalue weighted by Gasteiger charge is -2.53. The molecule has 210 valence electrons. The summed E-state index contributed by atoms with van der Waals surface area (Å²) in [6, 6.07) is 45.4. The van der Waals surface area contributed by atoms with Crippen molar-refractivity contribution in [2.45, 2.75) is 37.8 Å². The Morgan fingerprint density at radius 2 is 1.31 bits per heavy atom. The first kappa shape index (κ1) is 27.2. The summed E-state index contributed by atoms with van der Waals surface area (Å²) >= 11 is 0. The van der Waals surface area contributed by atoms with Crippen molar-refractivity contribution in [1.29, 1.82) is 0 Å². The minimum atomic E-state index is -0.920. The molecule has 42 heavy (non-hydrogen) atoms. The van der Waals surface area contributed by atoms with Crippen LogP contribution in [-0.2, 0) is 10.3 Å². The van der Waals surface area contributed by atoms with Crippen molar-refractivity contribution >= 4 is 11.4 Å². The molecule has 0 aliphatic carbocycles. The standard InChI is InChI=1S/C30H26N2O4.C6H6/c1-2-11-28-31-26-17-10-9-16-25(26)30(21-12-5-3-6-13-21,22-14-7-4-8-15-22)36-29(31)24-20-23(32(33)34)18-19-27(24)35-28;1-2-4-6-5-3-1/h3-10,12-20,28-29H,2,11H2,1H3;1-6H. The van der Waals surface area contributed by atoms with Crippen molar-refractivity contribution in [1.82, 2.24) is 0 Å². The second-order valence-corrected chi connectivity index (χ2v) is 10.3. The molecule has 7 rings (SSSR count). The molecule has 0 saturated heterocycles. The quantitative estimate of drug-likeness (QED) is 0.160. The Labute approximate surface area is 245 Å². The molecular formula is C36H32N2O4. The lowest BCUT2D eigenvalue weighted by Crippen LogP contribution is -2.54. The average Bonchev–Trinajstić information content (AvgIpc) is 3.06. The van der Waals surface area contributed by atoms with Crippen LogP contribution in [0, 0.1) is 10.1 Å². The van der Waals surface area contributed by atoms with E-state index in [1.165, 1.54) is 6.07 Å². The number of non-ortho nitro benzene ring substituents is 1. The highest BCUT2D eigenvalue weighted by Crippen LogP contribution is 2.56. The van der Waals surface area contributed by atoms with E-state index in [2.05, 4.69) is 48.2 Å². The van der Waals surface area contributed by atoms with Crippen LogP contribution >= 0.6 is 0 Å². The molecule has 2 unspecified atom stereocenters. The highest BCUT2D eigenvalue weighted by atomic mass is 16.6. The summed E-state index contributed by atoms with van der Waals surface area (Å²) in [4.78, 5) is 13.5. The predicted octanol–water partition coefficient (Wildman–Crippen LogP) is 8.63. The normalized spacial score (nSPS) is 17.8. The Bertz CT molecular complexity index is 1580. The third-order valence-corrected chi connectivity index (χ3v) is 7.71. The van der Waals surface area contributed by atoms with Crippen molar-refractivity contribution < 1.29 is 14.4 Å². The van der Waals surface area contributed by atoms with Gasteiger partial charge in [0.15, 0.2) is 12.5 Å². The van der Waals surface area contributed by atoms with Gasteiger partial charge in [-0.05, 0) is 23.3 Å². The van der Waals surface area contributed by atoms with Gasteiger partial charge in [-0.25, -0.2) is 0 Å². The molecule has 2 heterocycles. The fourth-order valence-corrected chi connectivity index (χ4v) is 5.87. The Morgan fingerprint density at radius 3 is 1.88 bits per heavy atom. The number of benzene rings is 5. The van der Waals surface area contributed by atoms with E-state index in [-0.39, 0.29) is 16.8 Å². The van der Waals surface area contributed by atoms with Crippen molar-refractivity contribution in [2.75, 3.05) is 4.90 Å². The van der Waals surface area contributed by atoms with Crippen LogP contribution in [0.5, 0.6) is 5.75 Å². The monoisotopic (exact) mass is 556 g/mol. The molecule has 0 spiro atoms. The molecular weight excluding hydrogens is 524 g/mol. The Morgan fingerprint density at radius 1 is 0.762 bits per heavy atom. The largest absolute Gasteiger partial charge is 0.470 e. The van der Waals surface area contributed by atoms with E-state index in [0.717, 1.165) is 35.2 Å². The minimum Gasteiger partial charge on any atom is -0.470 e. The van der Waals surface area contributed by atoms with Crippen LogP contribution in [0.1, 0.15) is 48.2 Å². The van der Waals surface area contributed by atoms with Gasteiger partial charge in [0.2, 0.25) is 0 Å². The number of hydrogen-bond donors (Lipinski definition) is 0. The zero-order valence-electron chi connectivity index (χ0n) is 23.4. The second kappa shape index (κ2) is 11.9. The lowest BCUT2D eigenvalue weighted by molar-refractivity contribution is -0.385. The maximum atomic E-state index is 11.7. The van der Waals surface area contributed by atoms with E-state index in [4.69, 9.17) is 9.47 Å². The first-order valence-corrected chi connectivity index (χ1v) is 14.2. The molecule has 0 radical (unpaired) electrons. The van der Waals surface area contributed by atoms with E-state index < -0.39 is 11.8 Å². The number of ether oxygens (including phenoxy) is 2. The SMILES string of the molecule is CCCC1Oc2ccc([N+](=O)[O-])cc2C2OC(c3ccccc3)(c3ccccc3)c3ccccc3N12.c1ccccc1. The van der Waals surface area contributed by atoms with E-state index in [1.54, 1.807) is 12.1 Å². The zero-order chi connectivity index (χ0) is 28.9. The van der Waals surface area contributed by atoms with E-state index in [9.17, 15) is 10.1 Å². The molecule has 0 N–H and O–H groups in total. The molecule has 0 aromatic heterocycles. The van der Waals surface area contributed by atoms with Crippen LogP contribution in [0.15, 0.2) is 140 Å². The van der Waals surface area contributed by atoms with E-state index >= 15 is 0 Å². The molecule has 5 aromatic rings. The third-order valence-electron chi connectivity index (χ3n) is 7.71. The maximum Gasteiger partial charge on any atom is 0.270 e. The summed E-state index contributed by atoms with van der Waals surface area (Å²) in [7, 11) is 0. The summed E-state index contributed by atoms with van der Waals surface area (Å²) in [5, 5.41) is 11.7. The molecule has 0 bridgehead atoms. The molecule has 0 saturated carbocycles. The average molecular weight is 557 g/mol. The molecule has 6 nitrogen and oxygen atoms in total. The van der Waals surface area contributed by atoms with Gasteiger partial charge in [0.25, 0.3) is 5.69 Å². The van der Waals surface area contributed by atoms with Crippen LogP contribution in [0.25, 0.3) is 0 Å². The van der Waals surface area contributed by atoms with Gasteiger partial charge in [-0.15, -0.1) is 0 Å². The topological polar surface area (TPSA) is 64.8 Å². The van der Waals surface area contributed by atoms with Crippen LogP contribution in [0.2, 0.25) is 0 Å². The minimum absolute atomic E-state index is 0.0127. The van der Waals surface area contributed by atoms with Gasteiger partial charge in [0, 0.05) is 29.8 Å². The molecule has 2 aliphatic heterocycles. The van der Waals surface area contributed by atoms with Gasteiger partial charge in [-0.3, -0.25) is 10.1 Å². The number of anilines is 1. The van der Waals surface area contributed by atoms with Crippen molar-refractivity contribution in [3.05, 3.63) is 172 Å². The molecule has 0 amide bonds. The second-order valence-electron chi connectivity index (χ2n) is 10.3. The third kappa shape index (κ3) is 4.91. The number of nitro groups is 1.